The predicted molar refractivity (Wildman–Crippen MR) is 112 cm³/mol. The lowest BCUT2D eigenvalue weighted by atomic mass is 9.66. The minimum Gasteiger partial charge on any atom is -0.466 e. The maximum atomic E-state index is 13.4. The minimum atomic E-state index is -0.713. The van der Waals surface area contributed by atoms with E-state index in [-0.39, 0.29) is 48.7 Å². The van der Waals surface area contributed by atoms with E-state index in [0.29, 0.717) is 6.54 Å². The first-order valence-electron chi connectivity index (χ1n) is 10.5. The van der Waals surface area contributed by atoms with E-state index in [0.717, 1.165) is 12.0 Å². The fraction of sp³-hybridized carbons (Fsp3) is 0.591. The van der Waals surface area contributed by atoms with E-state index in [4.69, 9.17) is 4.74 Å². The summed E-state index contributed by atoms with van der Waals surface area (Å²) in [6.45, 7) is 4.29. The minimum absolute atomic E-state index is 0.0197. The van der Waals surface area contributed by atoms with Gasteiger partial charge in [0.25, 0.3) is 0 Å². The van der Waals surface area contributed by atoms with Gasteiger partial charge in [-0.2, -0.15) is 0 Å². The number of carbonyl (C=O) groups excluding carboxylic acids is 3. The van der Waals surface area contributed by atoms with Crippen LogP contribution in [-0.2, 0) is 25.7 Å². The highest BCUT2D eigenvalue weighted by Gasteiger charge is 2.76. The summed E-state index contributed by atoms with van der Waals surface area (Å²) in [6, 6.07) is 8.89. The molecular formula is C22H28N2O5S. The quantitative estimate of drug-likeness (QED) is 0.629. The van der Waals surface area contributed by atoms with Gasteiger partial charge >= 0.3 is 5.97 Å². The number of aliphatic hydroxyl groups is 1. The predicted octanol–water partition coefficient (Wildman–Crippen LogP) is 1.20. The largest absolute Gasteiger partial charge is 0.466 e. The molecule has 6 atom stereocenters. The Morgan fingerprint density at radius 3 is 2.73 bits per heavy atom. The molecule has 0 saturated carbocycles. The Bertz CT molecular complexity index is 834. The molecule has 3 unspecified atom stereocenters. The third-order valence-corrected chi connectivity index (χ3v) is 8.78. The lowest BCUT2D eigenvalue weighted by Gasteiger charge is -2.38. The smallest absolute Gasteiger partial charge is 0.310 e. The van der Waals surface area contributed by atoms with Crippen molar-refractivity contribution in [3.8, 4) is 0 Å². The summed E-state index contributed by atoms with van der Waals surface area (Å²) in [7, 11) is 0. The summed E-state index contributed by atoms with van der Waals surface area (Å²) in [6.07, 6.45) is 0.771. The highest BCUT2D eigenvalue weighted by molar-refractivity contribution is 8.02. The lowest BCUT2D eigenvalue weighted by Crippen LogP contribution is -2.56. The molecule has 3 aliphatic rings. The Kier molecular flexibility index (Phi) is 5.81. The highest BCUT2D eigenvalue weighted by atomic mass is 32.2. The number of rotatable bonds is 7. The van der Waals surface area contributed by atoms with Crippen molar-refractivity contribution >= 4 is 29.5 Å². The normalized spacial score (nSPS) is 34.2. The maximum Gasteiger partial charge on any atom is 0.310 e. The maximum absolute atomic E-state index is 13.4. The number of β-amino-alcohol motifs (C(OH)–C–C–N with tert-alkyl or cyclic N) is 1. The van der Waals surface area contributed by atoms with Crippen molar-refractivity contribution in [2.75, 3.05) is 19.8 Å². The third-order valence-electron chi connectivity index (χ3n) is 6.70. The Morgan fingerprint density at radius 1 is 1.33 bits per heavy atom. The molecule has 3 heterocycles. The van der Waals surface area contributed by atoms with Crippen LogP contribution >= 0.6 is 11.8 Å². The van der Waals surface area contributed by atoms with Crippen LogP contribution in [0.1, 0.15) is 25.8 Å². The first-order chi connectivity index (χ1) is 14.5. The Labute approximate surface area is 180 Å². The number of fused-ring (bicyclic) bond motifs is 1. The van der Waals surface area contributed by atoms with Crippen molar-refractivity contribution in [3.63, 3.8) is 0 Å². The van der Waals surface area contributed by atoms with Crippen LogP contribution in [0.2, 0.25) is 0 Å². The number of esters is 1. The topological polar surface area (TPSA) is 95.9 Å². The van der Waals surface area contributed by atoms with Gasteiger partial charge in [-0.05, 0) is 24.8 Å². The highest BCUT2D eigenvalue weighted by Crippen LogP contribution is 2.68. The van der Waals surface area contributed by atoms with Gasteiger partial charge in [0.05, 0.1) is 29.8 Å². The first-order valence-corrected chi connectivity index (χ1v) is 11.4. The first kappa shape index (κ1) is 21.2. The molecule has 3 fully saturated rings. The van der Waals surface area contributed by atoms with E-state index in [9.17, 15) is 19.5 Å². The van der Waals surface area contributed by atoms with Gasteiger partial charge < -0.3 is 20.1 Å². The number of nitrogens with one attached hydrogen (secondary N) is 1. The number of carbonyl (C=O) groups is 3. The van der Waals surface area contributed by atoms with Gasteiger partial charge in [-0.15, -0.1) is 11.8 Å². The van der Waals surface area contributed by atoms with Gasteiger partial charge in [-0.25, -0.2) is 0 Å². The molecule has 3 aliphatic heterocycles. The molecule has 2 bridgehead atoms. The average Bonchev–Trinajstić information content (AvgIpc) is 3.32. The molecule has 3 saturated heterocycles. The Morgan fingerprint density at radius 2 is 2.07 bits per heavy atom. The average molecular weight is 433 g/mol. The second-order valence-electron chi connectivity index (χ2n) is 8.26. The van der Waals surface area contributed by atoms with Crippen LogP contribution in [0.15, 0.2) is 30.3 Å². The number of thioether (sulfide) groups is 1. The van der Waals surface area contributed by atoms with Gasteiger partial charge in [0.2, 0.25) is 11.8 Å². The van der Waals surface area contributed by atoms with Gasteiger partial charge in [0, 0.05) is 18.3 Å². The van der Waals surface area contributed by atoms with E-state index in [1.165, 1.54) is 4.90 Å². The molecule has 1 aromatic rings. The standard InChI is InChI=1S/C22H28N2O5S/c1-3-29-21(28)16-15-11-13(2)22(30-15)17(16)20(27)24(9-10-25)18(22)19(26)23-12-14-7-5-4-6-8-14/h4-8,13,15-18,25H,3,9-12H2,1-2H3,(H,23,26)/t13?,15-,16+,17-,18?,22?/m0/s1. The van der Waals surface area contributed by atoms with Crippen molar-refractivity contribution in [2.24, 2.45) is 17.8 Å². The fourth-order valence-electron chi connectivity index (χ4n) is 5.56. The summed E-state index contributed by atoms with van der Waals surface area (Å²) >= 11 is 1.61. The van der Waals surface area contributed by atoms with Gasteiger partial charge in [0.15, 0.2) is 0 Å². The molecule has 4 rings (SSSR count). The van der Waals surface area contributed by atoms with E-state index in [1.807, 2.05) is 30.3 Å². The van der Waals surface area contributed by atoms with Gasteiger partial charge in [-0.3, -0.25) is 14.4 Å². The second kappa shape index (κ2) is 8.23. The monoisotopic (exact) mass is 432 g/mol. The molecule has 2 N–H and O–H groups in total. The van der Waals surface area contributed by atoms with Crippen LogP contribution < -0.4 is 5.32 Å². The number of nitrogens with zero attached hydrogens (tertiary/aromatic N) is 1. The van der Waals surface area contributed by atoms with Crippen molar-refractivity contribution in [3.05, 3.63) is 35.9 Å². The zero-order chi connectivity index (χ0) is 21.5. The van der Waals surface area contributed by atoms with E-state index < -0.39 is 22.6 Å². The van der Waals surface area contributed by atoms with Gasteiger partial charge in [0.1, 0.15) is 6.04 Å². The third kappa shape index (κ3) is 3.12. The summed E-state index contributed by atoms with van der Waals surface area (Å²) in [5.74, 6) is -1.82. The van der Waals surface area contributed by atoms with Crippen molar-refractivity contribution in [1.29, 1.82) is 0 Å². The zero-order valence-corrected chi connectivity index (χ0v) is 18.1. The zero-order valence-electron chi connectivity index (χ0n) is 17.2. The summed E-state index contributed by atoms with van der Waals surface area (Å²) in [4.78, 5) is 41.0. The number of aliphatic hydroxyl groups excluding tert-OH is 1. The SMILES string of the molecule is CCOC(=O)[C@@H]1[C@@H]2CC(C)C3(S2)C(C(=O)NCc2ccccc2)N(CCO)C(=O)[C@H]13. The van der Waals surface area contributed by atoms with E-state index in [1.54, 1.807) is 18.7 Å². The summed E-state index contributed by atoms with van der Waals surface area (Å²) < 4.78 is 4.62. The number of hydrogen-bond acceptors (Lipinski definition) is 6. The van der Waals surface area contributed by atoms with Crippen molar-refractivity contribution in [2.45, 2.75) is 42.9 Å². The van der Waals surface area contributed by atoms with Crippen LogP contribution in [-0.4, -0.2) is 63.6 Å². The number of hydrogen-bond donors (Lipinski definition) is 2. The molecule has 7 nitrogen and oxygen atoms in total. The van der Waals surface area contributed by atoms with Crippen LogP contribution in [0.4, 0.5) is 0 Å². The molecule has 2 amide bonds. The molecule has 8 heteroatoms. The van der Waals surface area contributed by atoms with Crippen LogP contribution in [0.5, 0.6) is 0 Å². The van der Waals surface area contributed by atoms with E-state index in [2.05, 4.69) is 12.2 Å². The molecule has 162 valence electrons. The molecule has 0 aliphatic carbocycles. The molecule has 0 radical (unpaired) electrons. The second-order valence-corrected chi connectivity index (χ2v) is 9.81. The molecule has 0 aromatic heterocycles. The summed E-state index contributed by atoms with van der Waals surface area (Å²) in [5.41, 5.74) is 0.971. The summed E-state index contributed by atoms with van der Waals surface area (Å²) in [5, 5.41) is 12.5. The van der Waals surface area contributed by atoms with Gasteiger partial charge in [-0.1, -0.05) is 37.3 Å². The van der Waals surface area contributed by atoms with Crippen LogP contribution in [0.3, 0.4) is 0 Å². The van der Waals surface area contributed by atoms with Crippen molar-refractivity contribution in [1.82, 2.24) is 10.2 Å². The Balaban J connectivity index is 1.65. The number of likely N-dealkylation sites (tertiary alicyclic amines) is 1. The molecular weight excluding hydrogens is 404 g/mol. The molecule has 30 heavy (non-hydrogen) atoms. The number of benzene rings is 1. The van der Waals surface area contributed by atoms with E-state index >= 15 is 0 Å². The fourth-order valence-corrected chi connectivity index (χ4v) is 7.97. The molecule has 1 spiro atoms. The Hall–Kier alpha value is -2.06. The lowest BCUT2D eigenvalue weighted by molar-refractivity contribution is -0.154. The van der Waals surface area contributed by atoms with Crippen molar-refractivity contribution < 1.29 is 24.2 Å². The van der Waals surface area contributed by atoms with Crippen LogP contribution in [0.25, 0.3) is 0 Å². The van der Waals surface area contributed by atoms with Crippen LogP contribution in [0, 0.1) is 17.8 Å². The number of amides is 2. The molecule has 1 aromatic carbocycles. The number of ether oxygens (including phenoxy) is 1.